The first-order valence-electron chi connectivity index (χ1n) is 7.14. The maximum Gasteiger partial charge on any atom is 0.252 e. The Labute approximate surface area is 124 Å². The van der Waals surface area contributed by atoms with Gasteiger partial charge < -0.3 is 15.0 Å². The monoisotopic (exact) mass is 294 g/mol. The third kappa shape index (κ3) is 2.68. The number of nitrogens with one attached hydrogen (secondary N) is 1. The highest BCUT2D eigenvalue weighted by Gasteiger charge is 2.34. The quantitative estimate of drug-likeness (QED) is 0.907. The van der Waals surface area contributed by atoms with E-state index in [0.29, 0.717) is 18.2 Å². The van der Waals surface area contributed by atoms with Crippen molar-refractivity contribution in [2.45, 2.75) is 25.0 Å². The van der Waals surface area contributed by atoms with Crippen molar-refractivity contribution in [2.75, 3.05) is 26.2 Å². The number of hydrogen-bond donors (Lipinski definition) is 1. The van der Waals surface area contributed by atoms with Crippen molar-refractivity contribution in [3.8, 4) is 0 Å². The Hall–Kier alpha value is -1.10. The van der Waals surface area contributed by atoms with Crippen LogP contribution in [-0.2, 0) is 9.53 Å². The highest BCUT2D eigenvalue weighted by Crippen LogP contribution is 2.30. The number of rotatable bonds is 2. The van der Waals surface area contributed by atoms with Crippen molar-refractivity contribution in [1.29, 1.82) is 0 Å². The number of amides is 1. The third-order valence-corrected chi connectivity index (χ3v) is 4.34. The standard InChI is InChI=1S/C15H19ClN2O2/c16-12-5-2-1-4-11(12)13-10-17-7-8-18(13)15(19)14-6-3-9-20-14/h1-2,4-5,13-14,17H,3,6-10H2. The van der Waals surface area contributed by atoms with E-state index < -0.39 is 0 Å². The summed E-state index contributed by atoms with van der Waals surface area (Å²) in [6, 6.07) is 7.74. The first-order valence-corrected chi connectivity index (χ1v) is 7.52. The predicted octanol–water partition coefficient (Wildman–Crippen LogP) is 1.99. The summed E-state index contributed by atoms with van der Waals surface area (Å²) in [5.41, 5.74) is 1.01. The summed E-state index contributed by atoms with van der Waals surface area (Å²) in [4.78, 5) is 14.5. The number of benzene rings is 1. The molecular weight excluding hydrogens is 276 g/mol. The van der Waals surface area contributed by atoms with Gasteiger partial charge in [-0.1, -0.05) is 29.8 Å². The Balaban J connectivity index is 1.83. The molecule has 1 N–H and O–H groups in total. The van der Waals surface area contributed by atoms with Gasteiger partial charge in [-0.2, -0.15) is 0 Å². The number of carbonyl (C=O) groups excluding carboxylic acids is 1. The van der Waals surface area contributed by atoms with Gasteiger partial charge in [0.1, 0.15) is 6.10 Å². The Kier molecular flexibility index (Phi) is 4.24. The second kappa shape index (κ2) is 6.12. The molecule has 0 bridgehead atoms. The van der Waals surface area contributed by atoms with Crippen LogP contribution in [0, 0.1) is 0 Å². The zero-order valence-corrected chi connectivity index (χ0v) is 12.1. The molecule has 0 radical (unpaired) electrons. The van der Waals surface area contributed by atoms with E-state index in [2.05, 4.69) is 5.32 Å². The van der Waals surface area contributed by atoms with E-state index in [9.17, 15) is 4.79 Å². The van der Waals surface area contributed by atoms with E-state index in [1.165, 1.54) is 0 Å². The van der Waals surface area contributed by atoms with Gasteiger partial charge in [-0.05, 0) is 24.5 Å². The fraction of sp³-hybridized carbons (Fsp3) is 0.533. The molecule has 2 unspecified atom stereocenters. The van der Waals surface area contributed by atoms with Gasteiger partial charge in [-0.15, -0.1) is 0 Å². The zero-order chi connectivity index (χ0) is 13.9. The van der Waals surface area contributed by atoms with Crippen LogP contribution in [-0.4, -0.2) is 43.2 Å². The van der Waals surface area contributed by atoms with Crippen molar-refractivity contribution in [2.24, 2.45) is 0 Å². The number of carbonyl (C=O) groups is 1. The Bertz CT molecular complexity index is 489. The second-order valence-electron chi connectivity index (χ2n) is 5.27. The van der Waals surface area contributed by atoms with Crippen LogP contribution in [0.4, 0.5) is 0 Å². The summed E-state index contributed by atoms with van der Waals surface area (Å²) in [6.45, 7) is 2.95. The molecule has 1 amide bonds. The number of halogens is 1. The summed E-state index contributed by atoms with van der Waals surface area (Å²) >= 11 is 6.29. The van der Waals surface area contributed by atoms with Crippen LogP contribution < -0.4 is 5.32 Å². The largest absolute Gasteiger partial charge is 0.368 e. The number of piperazine rings is 1. The van der Waals surface area contributed by atoms with Crippen LogP contribution in [0.5, 0.6) is 0 Å². The molecule has 108 valence electrons. The minimum absolute atomic E-state index is 0.00542. The topological polar surface area (TPSA) is 41.6 Å². The van der Waals surface area contributed by atoms with Gasteiger partial charge in [0.25, 0.3) is 5.91 Å². The van der Waals surface area contributed by atoms with E-state index in [1.807, 2.05) is 29.2 Å². The molecule has 5 heteroatoms. The van der Waals surface area contributed by atoms with Crippen LogP contribution in [0.2, 0.25) is 5.02 Å². The number of ether oxygens (including phenoxy) is 1. The Morgan fingerprint density at radius 3 is 3.00 bits per heavy atom. The molecule has 2 atom stereocenters. The van der Waals surface area contributed by atoms with E-state index in [0.717, 1.165) is 31.5 Å². The first kappa shape index (κ1) is 13.9. The minimum Gasteiger partial charge on any atom is -0.368 e. The first-order chi connectivity index (χ1) is 9.77. The van der Waals surface area contributed by atoms with Gasteiger partial charge in [0.2, 0.25) is 0 Å². The summed E-state index contributed by atoms with van der Waals surface area (Å²) in [7, 11) is 0. The molecule has 1 aromatic rings. The van der Waals surface area contributed by atoms with Gasteiger partial charge >= 0.3 is 0 Å². The van der Waals surface area contributed by atoms with Gasteiger partial charge in [-0.25, -0.2) is 0 Å². The molecule has 4 nitrogen and oxygen atoms in total. The van der Waals surface area contributed by atoms with E-state index in [-0.39, 0.29) is 18.1 Å². The predicted molar refractivity (Wildman–Crippen MR) is 77.7 cm³/mol. The molecule has 2 aliphatic rings. The summed E-state index contributed by atoms with van der Waals surface area (Å²) in [5, 5.41) is 4.06. The average molecular weight is 295 g/mol. The zero-order valence-electron chi connectivity index (χ0n) is 11.3. The number of nitrogens with zero attached hydrogens (tertiary/aromatic N) is 1. The fourth-order valence-corrected chi connectivity index (χ4v) is 3.21. The second-order valence-corrected chi connectivity index (χ2v) is 5.68. The average Bonchev–Trinajstić information content (AvgIpc) is 3.01. The maximum atomic E-state index is 12.6. The molecule has 2 heterocycles. The lowest BCUT2D eigenvalue weighted by Crippen LogP contribution is -2.51. The van der Waals surface area contributed by atoms with Crippen molar-refractivity contribution in [1.82, 2.24) is 10.2 Å². The van der Waals surface area contributed by atoms with Crippen LogP contribution >= 0.6 is 11.6 Å². The Morgan fingerprint density at radius 2 is 2.25 bits per heavy atom. The highest BCUT2D eigenvalue weighted by molar-refractivity contribution is 6.31. The van der Waals surface area contributed by atoms with Crippen molar-refractivity contribution in [3.05, 3.63) is 34.9 Å². The summed E-state index contributed by atoms with van der Waals surface area (Å²) in [6.07, 6.45) is 1.54. The molecule has 0 aliphatic carbocycles. The molecule has 0 saturated carbocycles. The van der Waals surface area contributed by atoms with Gasteiger partial charge in [0, 0.05) is 31.3 Å². The molecule has 1 aromatic carbocycles. The van der Waals surface area contributed by atoms with Crippen LogP contribution in [0.3, 0.4) is 0 Å². The molecule has 2 saturated heterocycles. The van der Waals surface area contributed by atoms with E-state index in [1.54, 1.807) is 0 Å². The van der Waals surface area contributed by atoms with Crippen LogP contribution in [0.1, 0.15) is 24.4 Å². The lowest BCUT2D eigenvalue weighted by Gasteiger charge is -2.38. The SMILES string of the molecule is O=C(C1CCCO1)N1CCNCC1c1ccccc1Cl. The van der Waals surface area contributed by atoms with Gasteiger partial charge in [0.05, 0.1) is 6.04 Å². The normalized spacial score (nSPS) is 26.8. The molecule has 0 spiro atoms. The smallest absolute Gasteiger partial charge is 0.252 e. The summed E-state index contributed by atoms with van der Waals surface area (Å²) < 4.78 is 5.54. The van der Waals surface area contributed by atoms with Crippen molar-refractivity contribution >= 4 is 17.5 Å². The molecular formula is C15H19ClN2O2. The molecule has 20 heavy (non-hydrogen) atoms. The Morgan fingerprint density at radius 1 is 1.40 bits per heavy atom. The van der Waals surface area contributed by atoms with Gasteiger partial charge in [-0.3, -0.25) is 4.79 Å². The fourth-order valence-electron chi connectivity index (χ4n) is 2.95. The molecule has 2 aliphatic heterocycles. The molecule has 0 aromatic heterocycles. The maximum absolute atomic E-state index is 12.6. The minimum atomic E-state index is -0.266. The molecule has 2 fully saturated rings. The highest BCUT2D eigenvalue weighted by atomic mass is 35.5. The van der Waals surface area contributed by atoms with E-state index in [4.69, 9.17) is 16.3 Å². The number of hydrogen-bond acceptors (Lipinski definition) is 3. The van der Waals surface area contributed by atoms with Gasteiger partial charge in [0.15, 0.2) is 0 Å². The summed E-state index contributed by atoms with van der Waals surface area (Å²) in [5.74, 6) is 0.105. The van der Waals surface area contributed by atoms with Crippen molar-refractivity contribution in [3.63, 3.8) is 0 Å². The lowest BCUT2D eigenvalue weighted by atomic mass is 10.0. The molecule has 3 rings (SSSR count). The van der Waals surface area contributed by atoms with Crippen LogP contribution in [0.15, 0.2) is 24.3 Å². The van der Waals surface area contributed by atoms with E-state index >= 15 is 0 Å². The van der Waals surface area contributed by atoms with Crippen molar-refractivity contribution < 1.29 is 9.53 Å². The lowest BCUT2D eigenvalue weighted by molar-refractivity contribution is -0.144. The van der Waals surface area contributed by atoms with Crippen LogP contribution in [0.25, 0.3) is 0 Å². The third-order valence-electron chi connectivity index (χ3n) is 4.00.